The van der Waals surface area contributed by atoms with Gasteiger partial charge in [0.15, 0.2) is 0 Å². The van der Waals surface area contributed by atoms with Crippen molar-refractivity contribution in [1.82, 2.24) is 9.78 Å². The zero-order valence-electron chi connectivity index (χ0n) is 12.7. The van der Waals surface area contributed by atoms with Crippen LogP contribution in [0.3, 0.4) is 0 Å². The number of hydrogen-bond acceptors (Lipinski definition) is 3. The van der Waals surface area contributed by atoms with E-state index in [1.807, 2.05) is 13.8 Å². The number of amides is 1. The Balaban J connectivity index is 2.75. The van der Waals surface area contributed by atoms with Crippen LogP contribution in [0.5, 0.6) is 0 Å². The van der Waals surface area contributed by atoms with Crippen LogP contribution >= 0.6 is 0 Å². The highest BCUT2D eigenvalue weighted by Gasteiger charge is 2.30. The molecule has 0 saturated carbocycles. The van der Waals surface area contributed by atoms with Gasteiger partial charge in [-0.3, -0.25) is 9.48 Å². The first-order chi connectivity index (χ1) is 9.53. The number of carbonyl (C=O) groups excluding carboxylic acids is 1. The molecule has 0 aliphatic rings. The lowest BCUT2D eigenvalue weighted by Crippen LogP contribution is -2.31. The Morgan fingerprint density at radius 2 is 1.90 bits per heavy atom. The molecule has 120 valence electrons. The molecule has 1 amide bonds. The van der Waals surface area contributed by atoms with E-state index >= 15 is 0 Å². The average molecular weight is 307 g/mol. The number of nitrogens with zero attached hydrogens (tertiary/aromatic N) is 2. The second-order valence-corrected chi connectivity index (χ2v) is 5.14. The van der Waals surface area contributed by atoms with Crippen molar-refractivity contribution < 1.29 is 22.7 Å². The molecule has 0 aromatic carbocycles. The fourth-order valence-electron chi connectivity index (χ4n) is 1.87. The van der Waals surface area contributed by atoms with Crippen LogP contribution in [0.1, 0.15) is 38.2 Å². The van der Waals surface area contributed by atoms with Crippen molar-refractivity contribution in [2.24, 2.45) is 0 Å². The fourth-order valence-corrected chi connectivity index (χ4v) is 1.87. The Labute approximate surface area is 121 Å². The van der Waals surface area contributed by atoms with E-state index in [1.54, 1.807) is 18.5 Å². The first-order valence-corrected chi connectivity index (χ1v) is 6.58. The third-order valence-corrected chi connectivity index (χ3v) is 2.93. The largest absolute Gasteiger partial charge is 0.411 e. The molecule has 1 heterocycles. The van der Waals surface area contributed by atoms with Gasteiger partial charge < -0.3 is 10.1 Å². The molecule has 1 aromatic rings. The Morgan fingerprint density at radius 3 is 2.33 bits per heavy atom. The van der Waals surface area contributed by atoms with E-state index in [9.17, 15) is 18.0 Å². The number of carbonyl (C=O) groups is 1. The first-order valence-electron chi connectivity index (χ1n) is 6.58. The molecule has 0 fully saturated rings. The minimum absolute atomic E-state index is 0.119. The summed E-state index contributed by atoms with van der Waals surface area (Å²) in [6.07, 6.45) is -5.66. The number of aryl methyl sites for hydroxylation is 1. The van der Waals surface area contributed by atoms with Gasteiger partial charge in [-0.05, 0) is 34.6 Å². The molecule has 0 unspecified atom stereocenters. The standard InChI is InChI=1S/C13H20F3N3O2/c1-7(2)19-9(4)11(8(3)18-19)17-12(20)10(5)21-6-13(14,15)16/h7,10H,6H2,1-5H3,(H,17,20)/t10-/m0/s1. The summed E-state index contributed by atoms with van der Waals surface area (Å²) in [6.45, 7) is 7.23. The predicted octanol–water partition coefficient (Wildman–Crippen LogP) is 2.99. The minimum atomic E-state index is -4.46. The molecule has 0 saturated heterocycles. The Kier molecular flexibility index (Phi) is 5.38. The highest BCUT2D eigenvalue weighted by molar-refractivity contribution is 5.94. The summed E-state index contributed by atoms with van der Waals surface area (Å²) in [5.74, 6) is -0.631. The highest BCUT2D eigenvalue weighted by Crippen LogP contribution is 2.23. The van der Waals surface area contributed by atoms with Crippen molar-refractivity contribution in [1.29, 1.82) is 0 Å². The third-order valence-electron chi connectivity index (χ3n) is 2.93. The summed E-state index contributed by atoms with van der Waals surface area (Å²) in [4.78, 5) is 11.9. The topological polar surface area (TPSA) is 56.2 Å². The van der Waals surface area contributed by atoms with Gasteiger partial charge in [0.25, 0.3) is 5.91 Å². The number of rotatable bonds is 5. The molecular weight excluding hydrogens is 287 g/mol. The van der Waals surface area contributed by atoms with E-state index in [4.69, 9.17) is 0 Å². The lowest BCUT2D eigenvalue weighted by Gasteiger charge is -2.15. The summed E-state index contributed by atoms with van der Waals surface area (Å²) in [5.41, 5.74) is 1.87. The van der Waals surface area contributed by atoms with Gasteiger partial charge in [-0.25, -0.2) is 0 Å². The normalized spacial score (nSPS) is 13.6. The maximum absolute atomic E-state index is 12.1. The lowest BCUT2D eigenvalue weighted by molar-refractivity contribution is -0.184. The molecular formula is C13H20F3N3O2. The van der Waals surface area contributed by atoms with E-state index in [-0.39, 0.29) is 6.04 Å². The van der Waals surface area contributed by atoms with Gasteiger partial charge in [0.2, 0.25) is 0 Å². The number of ether oxygens (including phenoxy) is 1. The second-order valence-electron chi connectivity index (χ2n) is 5.14. The van der Waals surface area contributed by atoms with Crippen LogP contribution in [0.4, 0.5) is 18.9 Å². The molecule has 0 radical (unpaired) electrons. The number of alkyl halides is 3. The molecule has 1 N–H and O–H groups in total. The van der Waals surface area contributed by atoms with E-state index in [2.05, 4.69) is 15.2 Å². The fraction of sp³-hybridized carbons (Fsp3) is 0.692. The summed E-state index contributed by atoms with van der Waals surface area (Å²) >= 11 is 0. The monoisotopic (exact) mass is 307 g/mol. The van der Waals surface area contributed by atoms with E-state index in [1.165, 1.54) is 6.92 Å². The number of hydrogen-bond donors (Lipinski definition) is 1. The van der Waals surface area contributed by atoms with Gasteiger partial charge in [0.05, 0.1) is 17.1 Å². The molecule has 0 aliphatic heterocycles. The van der Waals surface area contributed by atoms with Gasteiger partial charge in [-0.15, -0.1) is 0 Å². The zero-order chi connectivity index (χ0) is 16.4. The molecule has 21 heavy (non-hydrogen) atoms. The Bertz CT molecular complexity index is 509. The Hall–Kier alpha value is -1.57. The summed E-state index contributed by atoms with van der Waals surface area (Å²) in [6, 6.07) is 0.119. The van der Waals surface area contributed by atoms with Gasteiger partial charge in [0.1, 0.15) is 12.7 Å². The van der Waals surface area contributed by atoms with E-state index in [0.717, 1.165) is 5.69 Å². The van der Waals surface area contributed by atoms with Crippen molar-refractivity contribution in [3.05, 3.63) is 11.4 Å². The molecule has 8 heteroatoms. The van der Waals surface area contributed by atoms with Gasteiger partial charge in [0, 0.05) is 6.04 Å². The molecule has 0 bridgehead atoms. The summed E-state index contributed by atoms with van der Waals surface area (Å²) in [5, 5.41) is 6.86. The predicted molar refractivity (Wildman–Crippen MR) is 72.2 cm³/mol. The first kappa shape index (κ1) is 17.5. The van der Waals surface area contributed by atoms with Gasteiger partial charge >= 0.3 is 6.18 Å². The van der Waals surface area contributed by atoms with Crippen LogP contribution in [-0.4, -0.2) is 34.6 Å². The van der Waals surface area contributed by atoms with Crippen molar-refractivity contribution >= 4 is 11.6 Å². The van der Waals surface area contributed by atoms with Crippen LogP contribution in [-0.2, 0) is 9.53 Å². The smallest absolute Gasteiger partial charge is 0.359 e. The van der Waals surface area contributed by atoms with Crippen molar-refractivity contribution in [2.75, 3.05) is 11.9 Å². The third kappa shape index (κ3) is 4.73. The molecule has 5 nitrogen and oxygen atoms in total. The van der Waals surface area contributed by atoms with Gasteiger partial charge in [-0.1, -0.05) is 0 Å². The van der Waals surface area contributed by atoms with Crippen molar-refractivity contribution in [3.63, 3.8) is 0 Å². The number of halogens is 3. The van der Waals surface area contributed by atoms with Crippen LogP contribution in [0.25, 0.3) is 0 Å². The SMILES string of the molecule is Cc1nn(C(C)C)c(C)c1NC(=O)[C@H](C)OCC(F)(F)F. The molecule has 1 aromatic heterocycles. The lowest BCUT2D eigenvalue weighted by atomic mass is 10.2. The molecule has 0 aliphatic carbocycles. The Morgan fingerprint density at radius 1 is 1.33 bits per heavy atom. The number of anilines is 1. The molecule has 0 spiro atoms. The zero-order valence-corrected chi connectivity index (χ0v) is 12.7. The maximum Gasteiger partial charge on any atom is 0.411 e. The number of nitrogens with one attached hydrogen (secondary N) is 1. The van der Waals surface area contributed by atoms with E-state index < -0.39 is 24.8 Å². The summed E-state index contributed by atoms with van der Waals surface area (Å²) < 4.78 is 42.4. The minimum Gasteiger partial charge on any atom is -0.359 e. The highest BCUT2D eigenvalue weighted by atomic mass is 19.4. The van der Waals surface area contributed by atoms with E-state index in [0.29, 0.717) is 11.4 Å². The summed E-state index contributed by atoms with van der Waals surface area (Å²) in [7, 11) is 0. The van der Waals surface area contributed by atoms with Crippen molar-refractivity contribution in [3.8, 4) is 0 Å². The van der Waals surface area contributed by atoms with Crippen molar-refractivity contribution in [2.45, 2.75) is 52.9 Å². The second kappa shape index (κ2) is 6.46. The number of aromatic nitrogens is 2. The van der Waals surface area contributed by atoms with Gasteiger partial charge in [-0.2, -0.15) is 18.3 Å². The molecule has 1 atom stereocenters. The maximum atomic E-state index is 12.1. The van der Waals surface area contributed by atoms with Crippen LogP contribution in [0, 0.1) is 13.8 Å². The van der Waals surface area contributed by atoms with Crippen LogP contribution < -0.4 is 5.32 Å². The van der Waals surface area contributed by atoms with Crippen LogP contribution in [0.2, 0.25) is 0 Å². The molecule has 1 rings (SSSR count). The quantitative estimate of drug-likeness (QED) is 0.910. The van der Waals surface area contributed by atoms with Crippen LogP contribution in [0.15, 0.2) is 0 Å². The average Bonchev–Trinajstić information content (AvgIpc) is 2.63.